The molecule has 1 heteroatoms. The quantitative estimate of drug-likeness (QED) is 0.472. The van der Waals surface area contributed by atoms with E-state index in [1.807, 2.05) is 6.08 Å². The minimum absolute atomic E-state index is 0.656. The second kappa shape index (κ2) is 3.91. The summed E-state index contributed by atoms with van der Waals surface area (Å²) < 4.78 is 0. The van der Waals surface area contributed by atoms with E-state index in [4.69, 9.17) is 0 Å². The van der Waals surface area contributed by atoms with Gasteiger partial charge in [0.2, 0.25) is 0 Å². The zero-order valence-electron chi connectivity index (χ0n) is 7.53. The summed E-state index contributed by atoms with van der Waals surface area (Å²) in [6.07, 6.45) is 7.55. The zero-order chi connectivity index (χ0) is 8.16. The van der Waals surface area contributed by atoms with E-state index in [0.717, 1.165) is 6.54 Å². The molecule has 0 aromatic heterocycles. The van der Waals surface area contributed by atoms with Crippen molar-refractivity contribution in [1.29, 1.82) is 0 Å². The predicted molar refractivity (Wildman–Crippen MR) is 49.6 cm³/mol. The third-order valence-corrected chi connectivity index (χ3v) is 2.95. The summed E-state index contributed by atoms with van der Waals surface area (Å²) in [6, 6.07) is 0. The van der Waals surface area contributed by atoms with E-state index < -0.39 is 0 Å². The summed E-state index contributed by atoms with van der Waals surface area (Å²) in [5.74, 6) is 0. The first-order valence-corrected chi connectivity index (χ1v) is 4.64. The van der Waals surface area contributed by atoms with Crippen molar-refractivity contribution in [3.05, 3.63) is 12.7 Å². The molecule has 0 heterocycles. The van der Waals surface area contributed by atoms with Crippen LogP contribution in [0.5, 0.6) is 0 Å². The molecule has 0 radical (unpaired) electrons. The maximum absolute atomic E-state index is 3.69. The van der Waals surface area contributed by atoms with Gasteiger partial charge < -0.3 is 5.32 Å². The molecule has 1 N–H and O–H groups in total. The maximum Gasteiger partial charge on any atom is 0.0132 e. The van der Waals surface area contributed by atoms with Gasteiger partial charge >= 0.3 is 0 Å². The minimum atomic E-state index is 0.656. The predicted octanol–water partition coefficient (Wildman–Crippen LogP) is 2.34. The Morgan fingerprint density at radius 3 is 2.64 bits per heavy atom. The van der Waals surface area contributed by atoms with E-state index in [1.54, 1.807) is 0 Å². The first kappa shape index (κ1) is 8.79. The van der Waals surface area contributed by atoms with Gasteiger partial charge in [-0.15, -0.1) is 6.58 Å². The van der Waals surface area contributed by atoms with Crippen LogP contribution in [0, 0.1) is 5.41 Å². The van der Waals surface area contributed by atoms with Crippen molar-refractivity contribution in [2.75, 3.05) is 13.1 Å². The molecule has 1 rings (SSSR count). The first-order valence-electron chi connectivity index (χ1n) is 4.64. The highest BCUT2D eigenvalue weighted by molar-refractivity contribution is 4.89. The molecule has 64 valence electrons. The molecule has 0 unspecified atom stereocenters. The summed E-state index contributed by atoms with van der Waals surface area (Å²) in [5.41, 5.74) is 0.656. The van der Waals surface area contributed by atoms with E-state index >= 15 is 0 Å². The Labute approximate surface area is 69.9 Å². The van der Waals surface area contributed by atoms with Gasteiger partial charge in [0.05, 0.1) is 0 Å². The normalized spacial score (nSPS) is 20.8. The fourth-order valence-corrected chi connectivity index (χ4v) is 1.77. The van der Waals surface area contributed by atoms with Crippen molar-refractivity contribution >= 4 is 0 Å². The fourth-order valence-electron chi connectivity index (χ4n) is 1.77. The van der Waals surface area contributed by atoms with E-state index in [1.165, 1.54) is 32.2 Å². The van der Waals surface area contributed by atoms with Crippen LogP contribution in [0.15, 0.2) is 12.7 Å². The molecule has 1 fully saturated rings. The Morgan fingerprint density at radius 1 is 1.55 bits per heavy atom. The molecule has 1 aliphatic carbocycles. The Kier molecular flexibility index (Phi) is 3.13. The minimum Gasteiger partial charge on any atom is -0.313 e. The molecular weight excluding hydrogens is 134 g/mol. The van der Waals surface area contributed by atoms with Gasteiger partial charge in [0, 0.05) is 13.1 Å². The third-order valence-electron chi connectivity index (χ3n) is 2.95. The molecular formula is C10H19N. The van der Waals surface area contributed by atoms with Crippen molar-refractivity contribution in [2.45, 2.75) is 32.6 Å². The average Bonchev–Trinajstić information content (AvgIpc) is 1.95. The lowest BCUT2D eigenvalue weighted by Crippen LogP contribution is -2.39. The Bertz CT molecular complexity index is 119. The second-order valence-electron chi connectivity index (χ2n) is 3.63. The topological polar surface area (TPSA) is 12.0 Å². The SMILES string of the molecule is C=CCNCC1(CC)CCC1. The molecule has 0 aliphatic heterocycles. The van der Waals surface area contributed by atoms with Gasteiger partial charge in [-0.1, -0.05) is 19.4 Å². The van der Waals surface area contributed by atoms with Crippen molar-refractivity contribution < 1.29 is 0 Å². The van der Waals surface area contributed by atoms with E-state index in [-0.39, 0.29) is 0 Å². The highest BCUT2D eigenvalue weighted by Gasteiger charge is 2.34. The smallest absolute Gasteiger partial charge is 0.0132 e. The monoisotopic (exact) mass is 153 g/mol. The molecule has 0 spiro atoms. The third kappa shape index (κ3) is 2.06. The summed E-state index contributed by atoms with van der Waals surface area (Å²) in [5, 5.41) is 3.41. The van der Waals surface area contributed by atoms with Crippen LogP contribution in [-0.4, -0.2) is 13.1 Å². The highest BCUT2D eigenvalue weighted by Crippen LogP contribution is 2.42. The van der Waals surface area contributed by atoms with Gasteiger partial charge in [-0.05, 0) is 24.7 Å². The molecule has 0 bridgehead atoms. The second-order valence-corrected chi connectivity index (χ2v) is 3.63. The van der Waals surface area contributed by atoms with Gasteiger partial charge in [-0.2, -0.15) is 0 Å². The van der Waals surface area contributed by atoms with Crippen LogP contribution in [0.2, 0.25) is 0 Å². The van der Waals surface area contributed by atoms with Gasteiger partial charge in [0.15, 0.2) is 0 Å². The Morgan fingerprint density at radius 2 is 2.27 bits per heavy atom. The van der Waals surface area contributed by atoms with Crippen LogP contribution in [0.3, 0.4) is 0 Å². The molecule has 0 amide bonds. The molecule has 0 aromatic rings. The highest BCUT2D eigenvalue weighted by atomic mass is 14.9. The van der Waals surface area contributed by atoms with E-state index in [2.05, 4.69) is 18.8 Å². The molecule has 1 nitrogen and oxygen atoms in total. The van der Waals surface area contributed by atoms with E-state index in [9.17, 15) is 0 Å². The van der Waals surface area contributed by atoms with Gasteiger partial charge in [0.25, 0.3) is 0 Å². The van der Waals surface area contributed by atoms with Crippen LogP contribution >= 0.6 is 0 Å². The van der Waals surface area contributed by atoms with Gasteiger partial charge in [-0.3, -0.25) is 0 Å². The van der Waals surface area contributed by atoms with E-state index in [0.29, 0.717) is 5.41 Å². The van der Waals surface area contributed by atoms with Crippen molar-refractivity contribution in [3.63, 3.8) is 0 Å². The number of nitrogens with one attached hydrogen (secondary N) is 1. The lowest BCUT2D eigenvalue weighted by molar-refractivity contribution is 0.126. The molecule has 11 heavy (non-hydrogen) atoms. The fraction of sp³-hybridized carbons (Fsp3) is 0.800. The summed E-state index contributed by atoms with van der Waals surface area (Å²) >= 11 is 0. The van der Waals surface area contributed by atoms with Crippen LogP contribution in [0.4, 0.5) is 0 Å². The summed E-state index contributed by atoms with van der Waals surface area (Å²) in [6.45, 7) is 8.14. The van der Waals surface area contributed by atoms with Crippen LogP contribution in [0.25, 0.3) is 0 Å². The maximum atomic E-state index is 3.69. The van der Waals surface area contributed by atoms with Crippen LogP contribution in [0.1, 0.15) is 32.6 Å². The first-order chi connectivity index (χ1) is 5.33. The van der Waals surface area contributed by atoms with Crippen molar-refractivity contribution in [3.8, 4) is 0 Å². The van der Waals surface area contributed by atoms with Gasteiger partial charge in [0.1, 0.15) is 0 Å². The lowest BCUT2D eigenvalue weighted by Gasteiger charge is -2.41. The van der Waals surface area contributed by atoms with Crippen molar-refractivity contribution in [2.24, 2.45) is 5.41 Å². The van der Waals surface area contributed by atoms with Crippen molar-refractivity contribution in [1.82, 2.24) is 5.32 Å². The average molecular weight is 153 g/mol. The van der Waals surface area contributed by atoms with Gasteiger partial charge in [-0.25, -0.2) is 0 Å². The zero-order valence-corrected chi connectivity index (χ0v) is 7.53. The molecule has 0 atom stereocenters. The number of hydrogen-bond donors (Lipinski definition) is 1. The molecule has 1 saturated carbocycles. The summed E-state index contributed by atoms with van der Waals surface area (Å²) in [7, 11) is 0. The van der Waals surface area contributed by atoms with Crippen LogP contribution < -0.4 is 5.32 Å². The molecule has 1 aliphatic rings. The summed E-state index contributed by atoms with van der Waals surface area (Å²) in [4.78, 5) is 0. The number of rotatable bonds is 5. The standard InChI is InChI=1S/C10H19N/c1-3-8-11-9-10(4-2)6-5-7-10/h3,11H,1,4-9H2,2H3. The van der Waals surface area contributed by atoms with Crippen LogP contribution in [-0.2, 0) is 0 Å². The lowest BCUT2D eigenvalue weighted by atomic mass is 9.67. The molecule has 0 aromatic carbocycles. The molecule has 0 saturated heterocycles. The number of hydrogen-bond acceptors (Lipinski definition) is 1. The largest absolute Gasteiger partial charge is 0.313 e. The Balaban J connectivity index is 2.16. The Hall–Kier alpha value is -0.300.